The Morgan fingerprint density at radius 1 is 1.03 bits per heavy atom. The molecule has 1 heterocycles. The second-order valence-corrected chi connectivity index (χ2v) is 7.17. The monoisotopic (exact) mass is 439 g/mol. The van der Waals surface area contributed by atoms with Crippen molar-refractivity contribution in [2.45, 2.75) is 31.1 Å². The maximum atomic E-state index is 13.9. The molecule has 3 rings (SSSR count). The van der Waals surface area contributed by atoms with Crippen molar-refractivity contribution in [2.24, 2.45) is 0 Å². The zero-order valence-corrected chi connectivity index (χ0v) is 17.4. The van der Waals surface area contributed by atoms with Gasteiger partial charge in [-0.1, -0.05) is 18.2 Å². The maximum Gasteiger partial charge on any atom is 0.416 e. The quantitative estimate of drug-likeness (QED) is 0.691. The second-order valence-electron chi connectivity index (χ2n) is 7.17. The van der Waals surface area contributed by atoms with E-state index in [1.807, 2.05) is 0 Å². The molecule has 9 heteroatoms. The van der Waals surface area contributed by atoms with Crippen LogP contribution in [-0.2, 0) is 11.0 Å². The average molecular weight is 439 g/mol. The van der Waals surface area contributed by atoms with Crippen LogP contribution in [0.2, 0.25) is 0 Å². The third kappa shape index (κ3) is 4.41. The van der Waals surface area contributed by atoms with E-state index < -0.39 is 29.8 Å². The van der Waals surface area contributed by atoms with E-state index >= 15 is 0 Å². The summed E-state index contributed by atoms with van der Waals surface area (Å²) in [6.45, 7) is 0.325. The highest BCUT2D eigenvalue weighted by Crippen LogP contribution is 2.46. The molecular weight excluding hydrogens is 415 g/mol. The lowest BCUT2D eigenvalue weighted by atomic mass is 9.91. The van der Waals surface area contributed by atoms with E-state index in [1.54, 1.807) is 11.0 Å². The van der Waals surface area contributed by atoms with Gasteiger partial charge in [-0.15, -0.1) is 0 Å². The molecule has 2 aromatic rings. The zero-order valence-electron chi connectivity index (χ0n) is 17.4. The molecular formula is C22H24F3NO5. The first-order valence-corrected chi connectivity index (χ1v) is 9.67. The van der Waals surface area contributed by atoms with Crippen molar-refractivity contribution in [3.8, 4) is 17.2 Å². The van der Waals surface area contributed by atoms with Gasteiger partial charge in [-0.2, -0.15) is 13.2 Å². The van der Waals surface area contributed by atoms with Crippen LogP contribution in [0.25, 0.3) is 0 Å². The van der Waals surface area contributed by atoms with Gasteiger partial charge in [0.15, 0.2) is 11.5 Å². The van der Waals surface area contributed by atoms with Gasteiger partial charge in [0.2, 0.25) is 0 Å². The number of hydrogen-bond donors (Lipinski definition) is 1. The summed E-state index contributed by atoms with van der Waals surface area (Å²) in [5, 5.41) is 9.73. The molecule has 0 bridgehead atoms. The summed E-state index contributed by atoms with van der Waals surface area (Å²) < 4.78 is 57.8. The van der Waals surface area contributed by atoms with Gasteiger partial charge in [0, 0.05) is 18.2 Å². The van der Waals surface area contributed by atoms with Crippen molar-refractivity contribution in [1.29, 1.82) is 0 Å². The fourth-order valence-electron chi connectivity index (χ4n) is 4.15. The minimum Gasteiger partial charge on any atom is -0.496 e. The van der Waals surface area contributed by atoms with E-state index in [1.165, 1.54) is 45.6 Å². The minimum absolute atomic E-state index is 0.0475. The number of methoxy groups -OCH3 is 3. The number of carboxylic acids is 1. The van der Waals surface area contributed by atoms with Gasteiger partial charge < -0.3 is 19.3 Å². The predicted molar refractivity (Wildman–Crippen MR) is 107 cm³/mol. The lowest BCUT2D eigenvalue weighted by Crippen LogP contribution is -2.40. The summed E-state index contributed by atoms with van der Waals surface area (Å²) in [7, 11) is 4.26. The molecule has 0 aliphatic carbocycles. The fourth-order valence-corrected chi connectivity index (χ4v) is 4.15. The summed E-state index contributed by atoms with van der Waals surface area (Å²) in [4.78, 5) is 13.5. The number of likely N-dealkylation sites (tertiary alicyclic amines) is 1. The first-order valence-electron chi connectivity index (χ1n) is 9.67. The molecule has 0 amide bonds. The van der Waals surface area contributed by atoms with Crippen LogP contribution >= 0.6 is 0 Å². The molecule has 0 radical (unpaired) electrons. The highest BCUT2D eigenvalue weighted by atomic mass is 19.4. The molecule has 1 aliphatic heterocycles. The number of alkyl halides is 3. The highest BCUT2D eigenvalue weighted by molar-refractivity contribution is 5.74. The highest BCUT2D eigenvalue weighted by Gasteiger charge is 2.42. The van der Waals surface area contributed by atoms with Gasteiger partial charge in [0.25, 0.3) is 0 Å². The number of hydrogen-bond acceptors (Lipinski definition) is 5. The van der Waals surface area contributed by atoms with Gasteiger partial charge in [-0.05, 0) is 30.5 Å². The molecule has 0 spiro atoms. The van der Waals surface area contributed by atoms with Crippen molar-refractivity contribution >= 4 is 5.97 Å². The first kappa shape index (κ1) is 22.7. The molecule has 6 nitrogen and oxygen atoms in total. The molecule has 1 aliphatic rings. The largest absolute Gasteiger partial charge is 0.496 e. The smallest absolute Gasteiger partial charge is 0.416 e. The summed E-state index contributed by atoms with van der Waals surface area (Å²) in [5.74, 6) is -0.150. The molecule has 1 N–H and O–H groups in total. The molecule has 2 aromatic carbocycles. The summed E-state index contributed by atoms with van der Waals surface area (Å²) in [6, 6.07) is 6.34. The van der Waals surface area contributed by atoms with Gasteiger partial charge in [0.05, 0.1) is 32.9 Å². The van der Waals surface area contributed by atoms with Crippen molar-refractivity contribution in [2.75, 3.05) is 27.9 Å². The Labute approximate surface area is 178 Å². The number of nitrogens with zero attached hydrogens (tertiary/aromatic N) is 1. The van der Waals surface area contributed by atoms with Crippen molar-refractivity contribution in [3.63, 3.8) is 0 Å². The average Bonchev–Trinajstić information content (AvgIpc) is 3.23. The van der Waals surface area contributed by atoms with Crippen LogP contribution < -0.4 is 14.2 Å². The van der Waals surface area contributed by atoms with Crippen LogP contribution in [0.3, 0.4) is 0 Å². The Morgan fingerprint density at radius 3 is 2.23 bits per heavy atom. The molecule has 0 aromatic heterocycles. The van der Waals surface area contributed by atoms with Crippen LogP contribution in [0.15, 0.2) is 36.4 Å². The minimum atomic E-state index is -4.61. The Hall–Kier alpha value is -2.94. The summed E-state index contributed by atoms with van der Waals surface area (Å²) in [6.07, 6.45) is -3.72. The summed E-state index contributed by atoms with van der Waals surface area (Å²) >= 11 is 0. The van der Waals surface area contributed by atoms with Gasteiger partial charge in [-0.3, -0.25) is 9.69 Å². The van der Waals surface area contributed by atoms with Crippen LogP contribution in [0.5, 0.6) is 17.2 Å². The molecule has 31 heavy (non-hydrogen) atoms. The lowest BCUT2D eigenvalue weighted by molar-refractivity contribution is -0.143. The molecule has 168 valence electrons. The first-order chi connectivity index (χ1) is 14.7. The van der Waals surface area contributed by atoms with Crippen molar-refractivity contribution < 1.29 is 37.3 Å². The van der Waals surface area contributed by atoms with E-state index in [-0.39, 0.29) is 11.3 Å². The number of aliphatic carboxylic acids is 1. The van der Waals surface area contributed by atoms with E-state index in [0.29, 0.717) is 36.4 Å². The Balaban J connectivity index is 2.30. The molecule has 0 saturated carbocycles. The van der Waals surface area contributed by atoms with Crippen LogP contribution in [0, 0.1) is 0 Å². The number of carboxylic acid groups (broad SMARTS) is 1. The number of ether oxygens (including phenoxy) is 3. The van der Waals surface area contributed by atoms with Crippen LogP contribution in [0.4, 0.5) is 13.2 Å². The van der Waals surface area contributed by atoms with E-state index in [4.69, 9.17) is 14.2 Å². The second kappa shape index (κ2) is 9.05. The molecule has 2 unspecified atom stereocenters. The molecule has 2 atom stereocenters. The number of rotatable bonds is 7. The standard InChI is InChI=1S/C22H24F3NO5/c1-29-17-12-19(31-3)18(30-2)11-14(17)20(26-10-6-9-16(26)21(27)28)13-7-4-5-8-15(13)22(23,24)25/h4-5,7-8,11-12,16,20H,6,9-10H2,1-3H3,(H,27,28). The predicted octanol–water partition coefficient (Wildman–Crippen LogP) is 4.37. The van der Waals surface area contributed by atoms with Crippen LogP contribution in [0.1, 0.15) is 35.6 Å². The van der Waals surface area contributed by atoms with Gasteiger partial charge in [0.1, 0.15) is 11.8 Å². The lowest BCUT2D eigenvalue weighted by Gasteiger charge is -2.34. The van der Waals surface area contributed by atoms with Crippen LogP contribution in [-0.4, -0.2) is 49.9 Å². The third-order valence-electron chi connectivity index (χ3n) is 5.50. The Kier molecular flexibility index (Phi) is 6.64. The van der Waals surface area contributed by atoms with Crippen molar-refractivity contribution in [1.82, 2.24) is 4.90 Å². The number of halogens is 3. The normalized spacial score (nSPS) is 17.9. The topological polar surface area (TPSA) is 68.2 Å². The van der Waals surface area contributed by atoms with Crippen molar-refractivity contribution in [3.05, 3.63) is 53.1 Å². The summed E-state index contributed by atoms with van der Waals surface area (Å²) in [5.41, 5.74) is -0.508. The fraction of sp³-hybridized carbons (Fsp3) is 0.409. The maximum absolute atomic E-state index is 13.9. The Morgan fingerprint density at radius 2 is 1.65 bits per heavy atom. The third-order valence-corrected chi connectivity index (χ3v) is 5.50. The Bertz CT molecular complexity index is 947. The van der Waals surface area contributed by atoms with Gasteiger partial charge in [-0.25, -0.2) is 0 Å². The molecule has 1 fully saturated rings. The SMILES string of the molecule is COc1cc(OC)c(C(c2ccccc2C(F)(F)F)N2CCCC2C(=O)O)cc1OC. The number of carbonyl (C=O) groups is 1. The van der Waals surface area contributed by atoms with E-state index in [2.05, 4.69) is 0 Å². The van der Waals surface area contributed by atoms with E-state index in [9.17, 15) is 23.1 Å². The van der Waals surface area contributed by atoms with Gasteiger partial charge >= 0.3 is 12.1 Å². The number of benzene rings is 2. The molecule has 1 saturated heterocycles. The van der Waals surface area contributed by atoms with E-state index in [0.717, 1.165) is 6.07 Å². The zero-order chi connectivity index (χ0) is 22.8.